The number of halogens is 1. The second kappa shape index (κ2) is 5.85. The molecule has 2 rings (SSSR count). The monoisotopic (exact) mass is 263 g/mol. The highest BCUT2D eigenvalue weighted by molar-refractivity contribution is 6.13. The lowest BCUT2D eigenvalue weighted by Crippen LogP contribution is -2.26. The molecule has 0 aliphatic carbocycles. The number of hydrogen-bond donors (Lipinski definition) is 2. The van der Waals surface area contributed by atoms with E-state index >= 15 is 0 Å². The summed E-state index contributed by atoms with van der Waals surface area (Å²) in [7, 11) is 0. The predicted octanol–water partition coefficient (Wildman–Crippen LogP) is 2.97. The number of hydrogen-bond acceptors (Lipinski definition) is 2. The maximum Gasteiger partial charge on any atom is 0.304 e. The summed E-state index contributed by atoms with van der Waals surface area (Å²) in [6.45, 7) is 0. The van der Waals surface area contributed by atoms with Crippen molar-refractivity contribution in [2.75, 3.05) is 0 Å². The van der Waals surface area contributed by atoms with Gasteiger partial charge in [0.1, 0.15) is 0 Å². The Labute approximate surface area is 110 Å². The topological polar surface area (TPSA) is 49.3 Å². The number of carboxylic acids is 1. The summed E-state index contributed by atoms with van der Waals surface area (Å²) in [6, 6.07) is 13.9. The highest BCUT2D eigenvalue weighted by Crippen LogP contribution is 2.17. The SMILES string of the molecule is O=C(O)C[C@H](Cc1ccc2ccccc2c1)NCl. The average molecular weight is 264 g/mol. The number of carboxylic acid groups (broad SMARTS) is 1. The van der Waals surface area contributed by atoms with E-state index in [1.807, 2.05) is 36.4 Å². The fourth-order valence-electron chi connectivity index (χ4n) is 2.01. The summed E-state index contributed by atoms with van der Waals surface area (Å²) < 4.78 is 0. The van der Waals surface area contributed by atoms with Crippen molar-refractivity contribution in [3.05, 3.63) is 48.0 Å². The predicted molar refractivity (Wildman–Crippen MR) is 72.7 cm³/mol. The lowest BCUT2D eigenvalue weighted by atomic mass is 10.0. The first-order valence-electron chi connectivity index (χ1n) is 5.74. The van der Waals surface area contributed by atoms with Crippen LogP contribution < -0.4 is 4.84 Å². The average Bonchev–Trinajstić information content (AvgIpc) is 2.37. The van der Waals surface area contributed by atoms with Gasteiger partial charge in [-0.3, -0.25) is 4.79 Å². The lowest BCUT2D eigenvalue weighted by molar-refractivity contribution is -0.137. The molecule has 0 heterocycles. The third-order valence-corrected chi connectivity index (χ3v) is 3.18. The Hall–Kier alpha value is -1.58. The molecule has 0 unspecified atom stereocenters. The van der Waals surface area contributed by atoms with E-state index in [4.69, 9.17) is 16.9 Å². The van der Waals surface area contributed by atoms with Crippen LogP contribution >= 0.6 is 11.8 Å². The number of fused-ring (bicyclic) bond motifs is 1. The molecule has 0 aliphatic rings. The smallest absolute Gasteiger partial charge is 0.304 e. The minimum absolute atomic E-state index is 0.0102. The molecule has 0 radical (unpaired) electrons. The van der Waals surface area contributed by atoms with Crippen LogP contribution in [-0.4, -0.2) is 17.1 Å². The van der Waals surface area contributed by atoms with Crippen LogP contribution in [0.2, 0.25) is 0 Å². The maximum atomic E-state index is 10.7. The van der Waals surface area contributed by atoms with E-state index in [2.05, 4.69) is 10.9 Å². The van der Waals surface area contributed by atoms with E-state index in [9.17, 15) is 4.79 Å². The second-order valence-electron chi connectivity index (χ2n) is 4.29. The van der Waals surface area contributed by atoms with Crippen LogP contribution in [0.3, 0.4) is 0 Å². The Bertz CT molecular complexity index is 556. The van der Waals surface area contributed by atoms with Crippen LogP contribution in [0.15, 0.2) is 42.5 Å². The van der Waals surface area contributed by atoms with Crippen LogP contribution in [0, 0.1) is 0 Å². The molecular formula is C14H14ClNO2. The van der Waals surface area contributed by atoms with Gasteiger partial charge >= 0.3 is 5.97 Å². The fraction of sp³-hybridized carbons (Fsp3) is 0.214. The zero-order valence-electron chi connectivity index (χ0n) is 9.77. The molecule has 0 aliphatic heterocycles. The van der Waals surface area contributed by atoms with Gasteiger partial charge in [-0.1, -0.05) is 42.5 Å². The lowest BCUT2D eigenvalue weighted by Gasteiger charge is -2.12. The van der Waals surface area contributed by atoms with Crippen LogP contribution in [0.4, 0.5) is 0 Å². The molecule has 1 atom stereocenters. The van der Waals surface area contributed by atoms with Gasteiger partial charge in [0.2, 0.25) is 0 Å². The largest absolute Gasteiger partial charge is 0.481 e. The number of nitrogens with one attached hydrogen (secondary N) is 1. The first-order valence-corrected chi connectivity index (χ1v) is 6.12. The second-order valence-corrected chi connectivity index (χ2v) is 4.51. The van der Waals surface area contributed by atoms with E-state index in [1.54, 1.807) is 0 Å². The van der Waals surface area contributed by atoms with Crippen molar-refractivity contribution >= 4 is 28.5 Å². The van der Waals surface area contributed by atoms with E-state index in [0.717, 1.165) is 10.9 Å². The molecule has 3 nitrogen and oxygen atoms in total. The van der Waals surface area contributed by atoms with Gasteiger partial charge in [-0.25, -0.2) is 4.84 Å². The molecule has 0 fully saturated rings. The Morgan fingerprint density at radius 3 is 2.61 bits per heavy atom. The van der Waals surface area contributed by atoms with Crippen molar-refractivity contribution in [3.8, 4) is 0 Å². The molecule has 4 heteroatoms. The van der Waals surface area contributed by atoms with Crippen molar-refractivity contribution in [1.82, 2.24) is 4.84 Å². The van der Waals surface area contributed by atoms with Crippen molar-refractivity contribution in [2.45, 2.75) is 18.9 Å². The number of rotatable bonds is 5. The van der Waals surface area contributed by atoms with Gasteiger partial charge in [0.15, 0.2) is 0 Å². The van der Waals surface area contributed by atoms with Gasteiger partial charge < -0.3 is 5.11 Å². The molecule has 2 N–H and O–H groups in total. The van der Waals surface area contributed by atoms with Crippen LogP contribution in [-0.2, 0) is 11.2 Å². The van der Waals surface area contributed by atoms with Crippen molar-refractivity contribution in [3.63, 3.8) is 0 Å². The molecule has 18 heavy (non-hydrogen) atoms. The number of benzene rings is 2. The molecule has 0 aromatic heterocycles. The van der Waals surface area contributed by atoms with Crippen LogP contribution in [0.25, 0.3) is 10.8 Å². The number of aliphatic carboxylic acids is 1. The standard InChI is InChI=1S/C14H14ClNO2/c15-16-13(9-14(17)18)8-10-5-6-11-3-1-2-4-12(11)7-10/h1-7,13,16H,8-9H2,(H,17,18)/t13-/m0/s1. The van der Waals surface area contributed by atoms with Gasteiger partial charge in [-0.15, -0.1) is 0 Å². The molecule has 0 saturated carbocycles. The van der Waals surface area contributed by atoms with Crippen LogP contribution in [0.5, 0.6) is 0 Å². The first kappa shape index (κ1) is 12.9. The fourth-order valence-corrected chi connectivity index (χ4v) is 2.16. The summed E-state index contributed by atoms with van der Waals surface area (Å²) in [5, 5.41) is 11.1. The quantitative estimate of drug-likeness (QED) is 0.816. The molecule has 2 aromatic carbocycles. The van der Waals surface area contributed by atoms with Crippen molar-refractivity contribution in [2.24, 2.45) is 0 Å². The Morgan fingerprint density at radius 1 is 1.22 bits per heavy atom. The summed E-state index contributed by atoms with van der Waals surface area (Å²) in [4.78, 5) is 13.2. The minimum Gasteiger partial charge on any atom is -0.481 e. The van der Waals surface area contributed by atoms with E-state index in [-0.39, 0.29) is 12.5 Å². The van der Waals surface area contributed by atoms with Gasteiger partial charge in [0, 0.05) is 6.04 Å². The third kappa shape index (κ3) is 3.22. The molecule has 0 saturated heterocycles. The van der Waals surface area contributed by atoms with Crippen molar-refractivity contribution in [1.29, 1.82) is 0 Å². The maximum absolute atomic E-state index is 10.7. The van der Waals surface area contributed by atoms with Gasteiger partial charge in [-0.05, 0) is 34.5 Å². The Morgan fingerprint density at radius 2 is 1.94 bits per heavy atom. The highest BCUT2D eigenvalue weighted by atomic mass is 35.5. The van der Waals surface area contributed by atoms with E-state index in [1.165, 1.54) is 5.39 Å². The van der Waals surface area contributed by atoms with E-state index in [0.29, 0.717) is 6.42 Å². The Kier molecular flexibility index (Phi) is 4.18. The van der Waals surface area contributed by atoms with Crippen molar-refractivity contribution < 1.29 is 9.90 Å². The van der Waals surface area contributed by atoms with Gasteiger partial charge in [0.05, 0.1) is 6.42 Å². The summed E-state index contributed by atoms with van der Waals surface area (Å²) in [5.74, 6) is -0.853. The first-order chi connectivity index (χ1) is 8.69. The normalized spacial score (nSPS) is 12.5. The van der Waals surface area contributed by atoms with E-state index < -0.39 is 5.97 Å². The van der Waals surface area contributed by atoms with Gasteiger partial charge in [-0.2, -0.15) is 0 Å². The Balaban J connectivity index is 2.17. The molecule has 0 spiro atoms. The van der Waals surface area contributed by atoms with Crippen LogP contribution in [0.1, 0.15) is 12.0 Å². The molecule has 94 valence electrons. The molecule has 2 aromatic rings. The number of carbonyl (C=O) groups is 1. The molecule has 0 bridgehead atoms. The minimum atomic E-state index is -0.853. The highest BCUT2D eigenvalue weighted by Gasteiger charge is 2.12. The third-order valence-electron chi connectivity index (χ3n) is 2.87. The van der Waals surface area contributed by atoms with Gasteiger partial charge in [0.25, 0.3) is 0 Å². The summed E-state index contributed by atoms with van der Waals surface area (Å²) in [5.41, 5.74) is 1.08. The zero-order valence-corrected chi connectivity index (χ0v) is 10.5. The molecular weight excluding hydrogens is 250 g/mol. The molecule has 0 amide bonds. The zero-order chi connectivity index (χ0) is 13.0. The summed E-state index contributed by atoms with van der Waals surface area (Å²) in [6.07, 6.45) is 0.608. The summed E-state index contributed by atoms with van der Waals surface area (Å²) >= 11 is 5.57.